The highest BCUT2D eigenvalue weighted by atomic mass is 32.2. The number of pyridine rings is 1. The van der Waals surface area contributed by atoms with Crippen LogP contribution < -0.4 is 0 Å². The summed E-state index contributed by atoms with van der Waals surface area (Å²) >= 11 is 0. The van der Waals surface area contributed by atoms with E-state index in [9.17, 15) is 8.42 Å². The zero-order valence-corrected chi connectivity index (χ0v) is 13.0. The minimum Gasteiger partial charge on any atom is -0.237 e. The van der Waals surface area contributed by atoms with Crippen LogP contribution in [0.5, 0.6) is 0 Å². The minimum absolute atomic E-state index is 0.142. The Morgan fingerprint density at radius 2 is 2.09 bits per heavy atom. The van der Waals surface area contributed by atoms with Gasteiger partial charge < -0.3 is 0 Å². The maximum absolute atomic E-state index is 11.7. The van der Waals surface area contributed by atoms with E-state index in [1.807, 2.05) is 18.2 Å². The van der Waals surface area contributed by atoms with Gasteiger partial charge in [0.1, 0.15) is 5.82 Å². The Kier molecular flexibility index (Phi) is 3.25. The molecule has 0 bridgehead atoms. The lowest BCUT2D eigenvalue weighted by atomic mass is 10.1. The van der Waals surface area contributed by atoms with Gasteiger partial charge >= 0.3 is 0 Å². The van der Waals surface area contributed by atoms with Crippen LogP contribution in [0.4, 0.5) is 0 Å². The number of aromatic nitrogens is 4. The highest BCUT2D eigenvalue weighted by molar-refractivity contribution is 7.91. The Bertz CT molecular complexity index is 781. The molecule has 0 N–H and O–H groups in total. The number of sulfone groups is 1. The normalized spacial score (nSPS) is 23.7. The number of nitrogens with zero attached hydrogens (tertiary/aromatic N) is 4. The van der Waals surface area contributed by atoms with Crippen molar-refractivity contribution in [1.82, 2.24) is 19.7 Å². The van der Waals surface area contributed by atoms with Gasteiger partial charge in [0.2, 0.25) is 0 Å². The molecule has 116 valence electrons. The third-order valence-electron chi connectivity index (χ3n) is 4.30. The second-order valence-corrected chi connectivity index (χ2v) is 8.46. The van der Waals surface area contributed by atoms with Crippen molar-refractivity contribution in [3.8, 4) is 5.82 Å². The summed E-state index contributed by atoms with van der Waals surface area (Å²) in [5.41, 5.74) is 0. The lowest BCUT2D eigenvalue weighted by Crippen LogP contribution is -2.12. The minimum atomic E-state index is -2.86. The molecule has 1 saturated carbocycles. The predicted octanol–water partition coefficient (Wildman–Crippen LogP) is 1.52. The van der Waals surface area contributed by atoms with E-state index in [0.29, 0.717) is 18.1 Å². The summed E-state index contributed by atoms with van der Waals surface area (Å²) < 4.78 is 25.1. The summed E-state index contributed by atoms with van der Waals surface area (Å²) in [7, 11) is -2.86. The van der Waals surface area contributed by atoms with Gasteiger partial charge in [-0.3, -0.25) is 0 Å². The highest BCUT2D eigenvalue weighted by Crippen LogP contribution is 2.38. The van der Waals surface area contributed by atoms with Crippen LogP contribution in [0, 0.1) is 5.92 Å². The molecule has 3 heterocycles. The van der Waals surface area contributed by atoms with Crippen LogP contribution in [0.2, 0.25) is 0 Å². The smallest absolute Gasteiger partial charge is 0.155 e. The summed E-state index contributed by atoms with van der Waals surface area (Å²) in [4.78, 5) is 9.02. The van der Waals surface area contributed by atoms with Crippen LogP contribution in [-0.2, 0) is 16.3 Å². The number of rotatable bonds is 4. The van der Waals surface area contributed by atoms with Crippen molar-refractivity contribution in [1.29, 1.82) is 0 Å². The van der Waals surface area contributed by atoms with Gasteiger partial charge in [-0.05, 0) is 37.3 Å². The van der Waals surface area contributed by atoms with Gasteiger partial charge in [-0.25, -0.2) is 18.4 Å². The first kappa shape index (κ1) is 13.9. The Morgan fingerprint density at radius 3 is 2.73 bits per heavy atom. The van der Waals surface area contributed by atoms with E-state index in [1.54, 1.807) is 10.9 Å². The summed E-state index contributed by atoms with van der Waals surface area (Å²) in [5, 5.41) is 4.61. The van der Waals surface area contributed by atoms with E-state index in [4.69, 9.17) is 0 Å². The SMILES string of the molecule is O=S1(=O)CC[C@@H](Cc2nc(C3CC3)nn2-c2ccccn2)C1. The molecule has 0 spiro atoms. The molecular formula is C15H18N4O2S. The van der Waals surface area contributed by atoms with Crippen LogP contribution in [0.1, 0.15) is 36.8 Å². The molecule has 0 radical (unpaired) electrons. The summed E-state index contributed by atoms with van der Waals surface area (Å²) in [6.07, 6.45) is 5.39. The van der Waals surface area contributed by atoms with Crippen LogP contribution in [0.15, 0.2) is 24.4 Å². The quantitative estimate of drug-likeness (QED) is 0.854. The van der Waals surface area contributed by atoms with Gasteiger partial charge in [0, 0.05) is 18.5 Å². The van der Waals surface area contributed by atoms with Crippen LogP contribution in [-0.4, -0.2) is 39.7 Å². The summed E-state index contributed by atoms with van der Waals surface area (Å²) in [6.45, 7) is 0. The van der Waals surface area contributed by atoms with Crippen LogP contribution >= 0.6 is 0 Å². The third-order valence-corrected chi connectivity index (χ3v) is 6.13. The van der Waals surface area contributed by atoms with Crippen molar-refractivity contribution in [3.05, 3.63) is 36.0 Å². The maximum atomic E-state index is 11.7. The van der Waals surface area contributed by atoms with E-state index < -0.39 is 9.84 Å². The molecule has 2 aliphatic rings. The number of hydrogen-bond donors (Lipinski definition) is 0. The second-order valence-electron chi connectivity index (χ2n) is 6.23. The molecule has 2 fully saturated rings. The van der Waals surface area contributed by atoms with E-state index >= 15 is 0 Å². The molecule has 1 aliphatic carbocycles. The van der Waals surface area contributed by atoms with Gasteiger partial charge in [0.05, 0.1) is 11.5 Å². The van der Waals surface area contributed by atoms with Gasteiger partial charge in [-0.1, -0.05) is 6.07 Å². The van der Waals surface area contributed by atoms with E-state index in [0.717, 1.165) is 36.7 Å². The van der Waals surface area contributed by atoms with E-state index in [1.165, 1.54) is 0 Å². The van der Waals surface area contributed by atoms with Crippen LogP contribution in [0.25, 0.3) is 5.82 Å². The molecule has 1 aliphatic heterocycles. The lowest BCUT2D eigenvalue weighted by Gasteiger charge is -2.08. The standard InChI is InChI=1S/C15H18N4O2S/c20-22(21)8-6-11(10-22)9-14-17-15(12-4-5-12)18-19(14)13-3-1-2-7-16-13/h1-3,7,11-12H,4-6,8-10H2/t11-/m0/s1. The Morgan fingerprint density at radius 1 is 1.23 bits per heavy atom. The Labute approximate surface area is 129 Å². The Balaban J connectivity index is 1.65. The fourth-order valence-electron chi connectivity index (χ4n) is 2.96. The molecular weight excluding hydrogens is 300 g/mol. The van der Waals surface area contributed by atoms with Crippen LogP contribution in [0.3, 0.4) is 0 Å². The molecule has 0 unspecified atom stereocenters. The van der Waals surface area contributed by atoms with E-state index in [-0.39, 0.29) is 11.7 Å². The molecule has 1 atom stereocenters. The Hall–Kier alpha value is -1.76. The van der Waals surface area contributed by atoms with Gasteiger partial charge in [-0.2, -0.15) is 4.68 Å². The van der Waals surface area contributed by atoms with Crippen molar-refractivity contribution in [2.24, 2.45) is 5.92 Å². The largest absolute Gasteiger partial charge is 0.237 e. The van der Waals surface area contributed by atoms with Crippen molar-refractivity contribution < 1.29 is 8.42 Å². The molecule has 6 nitrogen and oxygen atoms in total. The zero-order chi connectivity index (χ0) is 15.2. The first-order valence-corrected chi connectivity index (χ1v) is 9.50. The molecule has 1 saturated heterocycles. The molecule has 2 aromatic rings. The summed E-state index contributed by atoms with van der Waals surface area (Å²) in [5.74, 6) is 3.63. The fraction of sp³-hybridized carbons (Fsp3) is 0.533. The first-order chi connectivity index (χ1) is 10.6. The third kappa shape index (κ3) is 2.77. The molecule has 0 aromatic carbocycles. The van der Waals surface area contributed by atoms with E-state index in [2.05, 4.69) is 15.1 Å². The molecule has 4 rings (SSSR count). The monoisotopic (exact) mass is 318 g/mol. The van der Waals surface area contributed by atoms with Gasteiger partial charge in [-0.15, -0.1) is 5.10 Å². The van der Waals surface area contributed by atoms with Gasteiger partial charge in [0.25, 0.3) is 0 Å². The second kappa shape index (κ2) is 5.15. The van der Waals surface area contributed by atoms with Crippen molar-refractivity contribution in [2.45, 2.75) is 31.6 Å². The van der Waals surface area contributed by atoms with Crippen molar-refractivity contribution >= 4 is 9.84 Å². The van der Waals surface area contributed by atoms with Gasteiger partial charge in [0.15, 0.2) is 21.5 Å². The average molecular weight is 318 g/mol. The first-order valence-electron chi connectivity index (χ1n) is 7.68. The maximum Gasteiger partial charge on any atom is 0.155 e. The van der Waals surface area contributed by atoms with Crippen molar-refractivity contribution in [2.75, 3.05) is 11.5 Å². The average Bonchev–Trinajstić information content (AvgIpc) is 3.18. The highest BCUT2D eigenvalue weighted by Gasteiger charge is 2.32. The molecule has 7 heteroatoms. The fourth-order valence-corrected chi connectivity index (χ4v) is 4.82. The lowest BCUT2D eigenvalue weighted by molar-refractivity contribution is 0.558. The molecule has 22 heavy (non-hydrogen) atoms. The zero-order valence-electron chi connectivity index (χ0n) is 12.2. The predicted molar refractivity (Wildman–Crippen MR) is 81.6 cm³/mol. The topological polar surface area (TPSA) is 77.7 Å². The summed E-state index contributed by atoms with van der Waals surface area (Å²) in [6, 6.07) is 5.69. The number of hydrogen-bond acceptors (Lipinski definition) is 5. The molecule has 0 amide bonds. The van der Waals surface area contributed by atoms with Crippen molar-refractivity contribution in [3.63, 3.8) is 0 Å². The molecule has 2 aromatic heterocycles.